The zero-order valence-corrected chi connectivity index (χ0v) is 9.22. The summed E-state index contributed by atoms with van der Waals surface area (Å²) in [6.45, 7) is 4.38. The van der Waals surface area contributed by atoms with Crippen LogP contribution in [0.25, 0.3) is 0 Å². The van der Waals surface area contributed by atoms with Gasteiger partial charge in [-0.1, -0.05) is 12.2 Å². The first-order chi connectivity index (χ1) is 7.15. The van der Waals surface area contributed by atoms with Crippen LogP contribution in [0.5, 0.6) is 0 Å². The summed E-state index contributed by atoms with van der Waals surface area (Å²) >= 11 is 0. The number of fused-ring (bicyclic) bond motifs is 1. The molecule has 84 valence electrons. The number of hydrazine groups is 3. The largest absolute Gasteiger partial charge is 0.372 e. The minimum atomic E-state index is 0.134. The molecule has 0 aromatic heterocycles. The zero-order valence-electron chi connectivity index (χ0n) is 9.22. The number of nitrogens with one attached hydrogen (secondary N) is 4. The van der Waals surface area contributed by atoms with Crippen molar-refractivity contribution < 1.29 is 0 Å². The van der Waals surface area contributed by atoms with Gasteiger partial charge in [-0.2, -0.15) is 11.1 Å². The minimum absolute atomic E-state index is 0.134. The normalized spacial score (nSPS) is 34.2. The summed E-state index contributed by atoms with van der Waals surface area (Å²) in [4.78, 5) is 0. The molecule has 2 atom stereocenters. The number of hydrogen-bond donors (Lipinski definition) is 5. The van der Waals surface area contributed by atoms with Crippen molar-refractivity contribution in [1.29, 1.82) is 0 Å². The molecule has 6 N–H and O–H groups in total. The van der Waals surface area contributed by atoms with E-state index in [4.69, 9.17) is 5.84 Å². The third-order valence-electron chi connectivity index (χ3n) is 3.04. The van der Waals surface area contributed by atoms with Gasteiger partial charge in [-0.15, -0.1) is 0 Å². The van der Waals surface area contributed by atoms with Crippen molar-refractivity contribution >= 4 is 0 Å². The lowest BCUT2D eigenvalue weighted by Crippen LogP contribution is -2.51. The van der Waals surface area contributed by atoms with Crippen molar-refractivity contribution in [1.82, 2.24) is 21.8 Å². The van der Waals surface area contributed by atoms with Gasteiger partial charge < -0.3 is 5.32 Å². The third-order valence-corrected chi connectivity index (χ3v) is 3.04. The topological polar surface area (TPSA) is 84.0 Å². The Labute approximate surface area is 90.1 Å². The first-order valence-electron chi connectivity index (χ1n) is 5.28. The van der Waals surface area contributed by atoms with Gasteiger partial charge in [0.25, 0.3) is 0 Å². The molecule has 1 heterocycles. The Bertz CT molecular complexity index is 309. The summed E-state index contributed by atoms with van der Waals surface area (Å²) in [7, 11) is 0. The summed E-state index contributed by atoms with van der Waals surface area (Å²) in [5, 5.41) is 3.42. The monoisotopic (exact) mass is 209 g/mol. The van der Waals surface area contributed by atoms with Crippen molar-refractivity contribution in [2.75, 3.05) is 0 Å². The molecule has 1 fully saturated rings. The molecule has 0 bridgehead atoms. The van der Waals surface area contributed by atoms with Gasteiger partial charge >= 0.3 is 0 Å². The molecule has 5 heteroatoms. The van der Waals surface area contributed by atoms with E-state index < -0.39 is 0 Å². The summed E-state index contributed by atoms with van der Waals surface area (Å²) in [5.74, 6) is 5.14. The maximum atomic E-state index is 5.14. The van der Waals surface area contributed by atoms with E-state index >= 15 is 0 Å². The molecule has 0 amide bonds. The molecule has 0 saturated carbocycles. The van der Waals surface area contributed by atoms with Crippen molar-refractivity contribution in [3.05, 3.63) is 23.4 Å². The summed E-state index contributed by atoms with van der Waals surface area (Å²) < 4.78 is 0. The van der Waals surface area contributed by atoms with E-state index in [-0.39, 0.29) is 5.54 Å². The summed E-state index contributed by atoms with van der Waals surface area (Å²) in [6.07, 6.45) is 6.46. The molecule has 1 saturated heterocycles. The van der Waals surface area contributed by atoms with Gasteiger partial charge in [0.1, 0.15) is 0 Å². The van der Waals surface area contributed by atoms with Crippen LogP contribution in [0.1, 0.15) is 26.7 Å². The van der Waals surface area contributed by atoms with Crippen molar-refractivity contribution in [3.8, 4) is 0 Å². The molecule has 0 radical (unpaired) electrons. The number of rotatable bonds is 3. The van der Waals surface area contributed by atoms with E-state index in [0.717, 1.165) is 12.8 Å². The summed E-state index contributed by atoms with van der Waals surface area (Å²) in [6, 6.07) is 0.372. The smallest absolute Gasteiger partial charge is 0.0925 e. The van der Waals surface area contributed by atoms with Crippen LogP contribution in [0.15, 0.2) is 23.4 Å². The predicted octanol–water partition coefficient (Wildman–Crippen LogP) is -0.187. The highest BCUT2D eigenvalue weighted by atomic mass is 15.7. The molecule has 2 aliphatic rings. The molecule has 1 aliphatic heterocycles. The Balaban J connectivity index is 2.01. The van der Waals surface area contributed by atoms with Crippen LogP contribution in [-0.4, -0.2) is 11.6 Å². The minimum Gasteiger partial charge on any atom is -0.372 e. The molecule has 2 unspecified atom stereocenters. The maximum Gasteiger partial charge on any atom is 0.0925 e. The number of hydrogen-bond acceptors (Lipinski definition) is 5. The van der Waals surface area contributed by atoms with Crippen LogP contribution in [0.4, 0.5) is 0 Å². The van der Waals surface area contributed by atoms with E-state index in [1.54, 1.807) is 0 Å². The lowest BCUT2D eigenvalue weighted by Gasteiger charge is -2.18. The Hall–Kier alpha value is -0.880. The zero-order chi connectivity index (χ0) is 10.9. The van der Waals surface area contributed by atoms with E-state index in [9.17, 15) is 0 Å². The van der Waals surface area contributed by atoms with Gasteiger partial charge in [0.05, 0.1) is 5.54 Å². The second kappa shape index (κ2) is 3.94. The molecule has 0 aromatic rings. The van der Waals surface area contributed by atoms with Crippen LogP contribution < -0.4 is 27.7 Å². The van der Waals surface area contributed by atoms with Gasteiger partial charge in [-0.3, -0.25) is 5.84 Å². The van der Waals surface area contributed by atoms with Crippen molar-refractivity contribution in [3.63, 3.8) is 0 Å². The van der Waals surface area contributed by atoms with Crippen LogP contribution in [0.2, 0.25) is 0 Å². The Morgan fingerprint density at radius 3 is 3.13 bits per heavy atom. The molecule has 0 aromatic carbocycles. The molecule has 0 spiro atoms. The average Bonchev–Trinajstić information content (AvgIpc) is 2.84. The molecule has 2 rings (SSSR count). The van der Waals surface area contributed by atoms with Crippen molar-refractivity contribution in [2.45, 2.75) is 38.3 Å². The standard InChI is InChI=1S/C10H19N5/c1-7-6-8(13-15-14-11)4-3-5-10(2)9(7)12-10/h3,5,8,12-15H,4,6,11H2,1-2H3. The first kappa shape index (κ1) is 10.6. The average molecular weight is 209 g/mol. The molecule has 5 nitrogen and oxygen atoms in total. The van der Waals surface area contributed by atoms with E-state index in [2.05, 4.69) is 47.8 Å². The van der Waals surface area contributed by atoms with Crippen LogP contribution >= 0.6 is 0 Å². The quantitative estimate of drug-likeness (QED) is 0.193. The van der Waals surface area contributed by atoms with Gasteiger partial charge in [0.2, 0.25) is 0 Å². The highest BCUT2D eigenvalue weighted by Crippen LogP contribution is 2.37. The van der Waals surface area contributed by atoms with Crippen LogP contribution in [0, 0.1) is 0 Å². The Kier molecular flexibility index (Phi) is 2.79. The predicted molar refractivity (Wildman–Crippen MR) is 60.0 cm³/mol. The highest BCUT2D eigenvalue weighted by Gasteiger charge is 2.43. The summed E-state index contributed by atoms with van der Waals surface area (Å²) in [5.41, 5.74) is 11.1. The van der Waals surface area contributed by atoms with Gasteiger partial charge in [-0.05, 0) is 32.3 Å². The fraction of sp³-hybridized carbons (Fsp3) is 0.600. The van der Waals surface area contributed by atoms with Gasteiger partial charge in [-0.25, -0.2) is 5.43 Å². The van der Waals surface area contributed by atoms with E-state index in [0.29, 0.717) is 6.04 Å². The maximum absolute atomic E-state index is 5.14. The third kappa shape index (κ3) is 2.21. The van der Waals surface area contributed by atoms with Crippen molar-refractivity contribution in [2.24, 2.45) is 5.84 Å². The second-order valence-corrected chi connectivity index (χ2v) is 4.44. The Morgan fingerprint density at radius 1 is 1.60 bits per heavy atom. The van der Waals surface area contributed by atoms with Gasteiger partial charge in [0, 0.05) is 11.7 Å². The molecular formula is C10H19N5. The fourth-order valence-electron chi connectivity index (χ4n) is 2.18. The molecular weight excluding hydrogens is 190 g/mol. The second-order valence-electron chi connectivity index (χ2n) is 4.44. The fourth-order valence-corrected chi connectivity index (χ4v) is 2.18. The van der Waals surface area contributed by atoms with Crippen LogP contribution in [0.3, 0.4) is 0 Å². The van der Waals surface area contributed by atoms with Crippen LogP contribution in [-0.2, 0) is 0 Å². The highest BCUT2D eigenvalue weighted by molar-refractivity contribution is 5.45. The lowest BCUT2D eigenvalue weighted by molar-refractivity contribution is 0.372. The first-order valence-corrected chi connectivity index (χ1v) is 5.28. The van der Waals surface area contributed by atoms with E-state index in [1.807, 2.05) is 0 Å². The lowest BCUT2D eigenvalue weighted by atomic mass is 9.97. The van der Waals surface area contributed by atoms with E-state index in [1.165, 1.54) is 11.3 Å². The Morgan fingerprint density at radius 2 is 2.40 bits per heavy atom. The SMILES string of the molecule is CC1=C2NC2(C)C=CCC(NNNN)C1. The number of nitrogens with two attached hydrogens (primary N) is 1. The molecule has 1 aliphatic carbocycles. The van der Waals surface area contributed by atoms with Gasteiger partial charge in [0.15, 0.2) is 0 Å². The molecule has 15 heavy (non-hydrogen) atoms.